The van der Waals surface area contributed by atoms with Gasteiger partial charge in [0.1, 0.15) is 5.82 Å². The van der Waals surface area contributed by atoms with Crippen LogP contribution in [-0.2, 0) is 29.7 Å². The van der Waals surface area contributed by atoms with E-state index in [0.29, 0.717) is 25.1 Å². The second-order valence-corrected chi connectivity index (χ2v) is 7.51. The third-order valence-corrected chi connectivity index (χ3v) is 4.54. The molecule has 0 unspecified atom stereocenters. The number of nitrogens with zero attached hydrogens (tertiary/aromatic N) is 1. The van der Waals surface area contributed by atoms with Gasteiger partial charge in [-0.15, -0.1) is 0 Å². The lowest BCUT2D eigenvalue weighted by molar-refractivity contribution is 0.0688. The molecule has 0 aliphatic heterocycles. The average molecular weight is 361 g/mol. The Hall–Kier alpha value is -2.14. The summed E-state index contributed by atoms with van der Waals surface area (Å²) in [7, 11) is 0. The van der Waals surface area contributed by atoms with Gasteiger partial charge in [0.15, 0.2) is 0 Å². The average Bonchev–Trinajstić information content (AvgIpc) is 2.84. The van der Waals surface area contributed by atoms with Gasteiger partial charge < -0.3 is 14.4 Å². The van der Waals surface area contributed by atoms with Crippen LogP contribution in [0.1, 0.15) is 60.6 Å². The minimum atomic E-state index is -0.928. The van der Waals surface area contributed by atoms with Gasteiger partial charge in [-0.2, -0.15) is 0 Å². The van der Waals surface area contributed by atoms with Crippen molar-refractivity contribution >= 4 is 5.97 Å². The molecule has 0 atom stereocenters. The van der Waals surface area contributed by atoms with Gasteiger partial charge in [0.2, 0.25) is 0 Å². The van der Waals surface area contributed by atoms with E-state index in [1.807, 2.05) is 13.8 Å². The van der Waals surface area contributed by atoms with Gasteiger partial charge in [-0.1, -0.05) is 32.9 Å². The topological polar surface area (TPSA) is 51.5 Å². The molecule has 2 aromatic rings. The Morgan fingerprint density at radius 2 is 1.85 bits per heavy atom. The van der Waals surface area contributed by atoms with E-state index in [1.54, 1.807) is 12.1 Å². The van der Waals surface area contributed by atoms with E-state index in [-0.39, 0.29) is 17.8 Å². The number of benzene rings is 1. The number of rotatable bonds is 7. The third-order valence-electron chi connectivity index (χ3n) is 4.54. The smallest absolute Gasteiger partial charge is 0.337 e. The molecule has 0 radical (unpaired) electrons. The van der Waals surface area contributed by atoms with Crippen molar-refractivity contribution < 1.29 is 19.0 Å². The number of carboxylic acids is 1. The van der Waals surface area contributed by atoms with Gasteiger partial charge in [0, 0.05) is 35.5 Å². The molecule has 0 bridgehead atoms. The summed E-state index contributed by atoms with van der Waals surface area (Å²) in [6, 6.07) is 6.44. The minimum absolute atomic E-state index is 0.228. The van der Waals surface area contributed by atoms with Crippen LogP contribution in [-0.4, -0.2) is 22.2 Å². The summed E-state index contributed by atoms with van der Waals surface area (Å²) in [5, 5.41) is 9.75. The van der Waals surface area contributed by atoms with Crippen LogP contribution >= 0.6 is 0 Å². The molecule has 0 spiro atoms. The van der Waals surface area contributed by atoms with Crippen molar-refractivity contribution in [3.05, 3.63) is 58.2 Å². The summed E-state index contributed by atoms with van der Waals surface area (Å²) in [5.74, 6) is -1.18. The highest BCUT2D eigenvalue weighted by Gasteiger charge is 2.31. The Kier molecular flexibility index (Phi) is 6.24. The molecule has 0 saturated carbocycles. The fourth-order valence-corrected chi connectivity index (χ4v) is 3.46. The van der Waals surface area contributed by atoms with Crippen molar-refractivity contribution in [1.82, 2.24) is 4.57 Å². The van der Waals surface area contributed by atoms with E-state index in [9.17, 15) is 14.3 Å². The highest BCUT2D eigenvalue weighted by Crippen LogP contribution is 2.33. The Balaban J connectivity index is 2.48. The lowest BCUT2D eigenvalue weighted by atomic mass is 9.88. The lowest BCUT2D eigenvalue weighted by Gasteiger charge is -2.25. The van der Waals surface area contributed by atoms with Gasteiger partial charge >= 0.3 is 5.97 Å². The van der Waals surface area contributed by atoms with Gasteiger partial charge in [-0.3, -0.25) is 0 Å². The maximum Gasteiger partial charge on any atom is 0.337 e. The van der Waals surface area contributed by atoms with E-state index < -0.39 is 5.97 Å². The number of aryl methyl sites for hydroxylation is 1. The Labute approximate surface area is 154 Å². The molecule has 5 heteroatoms. The molecule has 26 heavy (non-hydrogen) atoms. The molecular formula is C21H28FNO3. The standard InChI is InChI=1S/C21H28FNO3/c1-6-26-13-17-18(20(24)25)14(2)23(19(17)21(3,4)5)12-11-15-7-9-16(22)10-8-15/h7-10H,6,11-13H2,1-5H3,(H,24,25). The normalized spacial score (nSPS) is 11.8. The van der Waals surface area contributed by atoms with Crippen LogP contribution in [0.2, 0.25) is 0 Å². The molecule has 2 rings (SSSR count). The van der Waals surface area contributed by atoms with E-state index in [4.69, 9.17) is 4.74 Å². The van der Waals surface area contributed by atoms with Crippen LogP contribution in [0, 0.1) is 12.7 Å². The molecule has 1 heterocycles. The quantitative estimate of drug-likeness (QED) is 0.777. The molecule has 0 aliphatic carbocycles. The van der Waals surface area contributed by atoms with Crippen LogP contribution < -0.4 is 0 Å². The van der Waals surface area contributed by atoms with Crippen molar-refractivity contribution in [3.63, 3.8) is 0 Å². The molecule has 0 amide bonds. The molecule has 0 fully saturated rings. The van der Waals surface area contributed by atoms with Gasteiger partial charge in [-0.25, -0.2) is 9.18 Å². The van der Waals surface area contributed by atoms with Crippen molar-refractivity contribution in [2.75, 3.05) is 6.61 Å². The van der Waals surface area contributed by atoms with Gasteiger partial charge in [0.25, 0.3) is 0 Å². The highest BCUT2D eigenvalue weighted by molar-refractivity contribution is 5.91. The van der Waals surface area contributed by atoms with Crippen LogP contribution in [0.25, 0.3) is 0 Å². The number of carboxylic acid groups (broad SMARTS) is 1. The molecule has 4 nitrogen and oxygen atoms in total. The number of aromatic carboxylic acids is 1. The summed E-state index contributed by atoms with van der Waals surface area (Å²) < 4.78 is 20.8. The zero-order valence-electron chi connectivity index (χ0n) is 16.2. The maximum absolute atomic E-state index is 13.1. The van der Waals surface area contributed by atoms with Crippen LogP contribution in [0.4, 0.5) is 4.39 Å². The van der Waals surface area contributed by atoms with Gasteiger partial charge in [-0.05, 0) is 38.0 Å². The van der Waals surface area contributed by atoms with E-state index in [2.05, 4.69) is 25.3 Å². The van der Waals surface area contributed by atoms with Crippen LogP contribution in [0.5, 0.6) is 0 Å². The summed E-state index contributed by atoms with van der Waals surface area (Å²) in [6.45, 7) is 11.4. The molecule has 1 N–H and O–H groups in total. The Morgan fingerprint density at radius 3 is 2.35 bits per heavy atom. The highest BCUT2D eigenvalue weighted by atomic mass is 19.1. The predicted octanol–water partition coefficient (Wildman–Crippen LogP) is 4.71. The fourth-order valence-electron chi connectivity index (χ4n) is 3.46. The van der Waals surface area contributed by atoms with E-state index >= 15 is 0 Å². The van der Waals surface area contributed by atoms with Crippen LogP contribution in [0.15, 0.2) is 24.3 Å². The molecule has 142 valence electrons. The number of carbonyl (C=O) groups is 1. The van der Waals surface area contributed by atoms with E-state index in [1.165, 1.54) is 12.1 Å². The summed E-state index contributed by atoms with van der Waals surface area (Å²) in [4.78, 5) is 11.9. The first-order valence-electron chi connectivity index (χ1n) is 8.94. The SMILES string of the molecule is CCOCc1c(C(=O)O)c(C)n(CCc2ccc(F)cc2)c1C(C)(C)C. The third kappa shape index (κ3) is 4.33. The zero-order valence-corrected chi connectivity index (χ0v) is 16.2. The minimum Gasteiger partial charge on any atom is -0.478 e. The summed E-state index contributed by atoms with van der Waals surface area (Å²) in [5.41, 5.74) is 3.60. The lowest BCUT2D eigenvalue weighted by Crippen LogP contribution is -2.21. The largest absolute Gasteiger partial charge is 0.478 e. The van der Waals surface area contributed by atoms with Crippen LogP contribution in [0.3, 0.4) is 0 Å². The van der Waals surface area contributed by atoms with Crippen molar-refractivity contribution in [2.45, 2.75) is 59.6 Å². The Morgan fingerprint density at radius 1 is 1.23 bits per heavy atom. The van der Waals surface area contributed by atoms with E-state index in [0.717, 1.165) is 22.5 Å². The number of ether oxygens (including phenoxy) is 1. The van der Waals surface area contributed by atoms with Crippen molar-refractivity contribution in [1.29, 1.82) is 0 Å². The van der Waals surface area contributed by atoms with Crippen molar-refractivity contribution in [2.24, 2.45) is 0 Å². The zero-order chi connectivity index (χ0) is 19.5. The molecular weight excluding hydrogens is 333 g/mol. The first-order valence-corrected chi connectivity index (χ1v) is 8.94. The number of hydrogen-bond acceptors (Lipinski definition) is 2. The molecule has 0 saturated heterocycles. The monoisotopic (exact) mass is 361 g/mol. The first kappa shape index (κ1) is 20.2. The van der Waals surface area contributed by atoms with Gasteiger partial charge in [0.05, 0.1) is 12.2 Å². The number of halogens is 1. The first-order chi connectivity index (χ1) is 12.2. The summed E-state index contributed by atoms with van der Waals surface area (Å²) in [6.07, 6.45) is 0.700. The number of aromatic nitrogens is 1. The number of hydrogen-bond donors (Lipinski definition) is 1. The fraction of sp³-hybridized carbons (Fsp3) is 0.476. The molecule has 1 aromatic heterocycles. The second-order valence-electron chi connectivity index (χ2n) is 7.51. The summed E-state index contributed by atoms with van der Waals surface area (Å²) >= 11 is 0. The predicted molar refractivity (Wildman–Crippen MR) is 100 cm³/mol. The molecule has 1 aromatic carbocycles. The molecule has 0 aliphatic rings. The Bertz CT molecular complexity index is 770. The van der Waals surface area contributed by atoms with Crippen molar-refractivity contribution in [3.8, 4) is 0 Å². The maximum atomic E-state index is 13.1. The second kappa shape index (κ2) is 8.04.